The van der Waals surface area contributed by atoms with E-state index in [4.69, 9.17) is 56.6 Å². The largest absolute Gasteiger partial charge is 3.00 e. The molecule has 8 N–H and O–H groups in total. The molecule has 0 aromatic heterocycles. The van der Waals surface area contributed by atoms with Gasteiger partial charge in [-0.25, -0.2) is 18.6 Å². The van der Waals surface area contributed by atoms with E-state index in [1.54, 1.807) is 0 Å². The third kappa shape index (κ3) is 1120. The average Bonchev–Trinajstić information content (AvgIpc) is 2.14. The minimum Gasteiger partial charge on any atom is -0.652 e. The zero-order chi connectivity index (χ0) is 14.9. The molecule has 0 rings (SSSR count). The van der Waals surface area contributed by atoms with Crippen LogP contribution in [0.15, 0.2) is 0 Å². The van der Waals surface area contributed by atoms with Gasteiger partial charge in [0.05, 0.1) is 0 Å². The molecule has 0 aromatic rings. The van der Waals surface area contributed by atoms with E-state index in [2.05, 4.69) is 0 Å². The summed E-state index contributed by atoms with van der Waals surface area (Å²) in [6.45, 7) is 2.39. The van der Waals surface area contributed by atoms with Crippen molar-refractivity contribution in [1.29, 1.82) is 0 Å². The molecule has 0 bridgehead atoms. The topological polar surface area (TPSA) is 260 Å². The van der Waals surface area contributed by atoms with Crippen molar-refractivity contribution in [3.8, 4) is 0 Å². The molecule has 0 saturated carbocycles. The van der Waals surface area contributed by atoms with E-state index in [0.29, 0.717) is 26.2 Å². The van der Waals surface area contributed by atoms with Gasteiger partial charge in [-0.15, -0.1) is 10.2 Å². The van der Waals surface area contributed by atoms with Crippen LogP contribution in [0.4, 0.5) is 4.79 Å². The van der Waals surface area contributed by atoms with Gasteiger partial charge < -0.3 is 37.9 Å². The number of nitrogens with two attached hydrogens (primary N) is 4. The fourth-order valence-corrected chi connectivity index (χ4v) is 0. The monoisotopic (exact) mass is 338 g/mol. The van der Waals surface area contributed by atoms with E-state index in [1.807, 2.05) is 0 Å². The van der Waals surface area contributed by atoms with Crippen molar-refractivity contribution in [3.63, 3.8) is 0 Å². The fourth-order valence-electron chi connectivity index (χ4n) is 0. The first-order valence-electron chi connectivity index (χ1n) is 3.86. The van der Waals surface area contributed by atoms with Crippen molar-refractivity contribution in [1.82, 2.24) is 0 Å². The van der Waals surface area contributed by atoms with Gasteiger partial charge in [-0.1, -0.05) is 0 Å². The summed E-state index contributed by atoms with van der Waals surface area (Å²) in [4.78, 5) is 8.33. The Bertz CT molecular complexity index is 132. The number of rotatable bonds is 2. The number of hydrogen-bond donors (Lipinski definition) is 4. The Morgan fingerprint density at radius 3 is 0.833 bits per heavy atom. The van der Waals surface area contributed by atoms with Crippen molar-refractivity contribution < 1.29 is 60.7 Å². The van der Waals surface area contributed by atoms with Gasteiger partial charge in [0.25, 0.3) is 0 Å². The molecule has 0 aliphatic heterocycles. The quantitative estimate of drug-likeness (QED) is 0.367. The standard InChI is InChI=1S/2C2H8N2.CH2O3.ClHO4.Co/c2*3-1-2-4;2-1(3)4;2-1(3,4)5;/h2*1-4H2;(H2,2,3,4);(H,2,3,4,5);/q;;;;+3/p-3. The van der Waals surface area contributed by atoms with Gasteiger partial charge in [0, 0.05) is 26.2 Å². The molecule has 18 heavy (non-hydrogen) atoms. The van der Waals surface area contributed by atoms with Crippen molar-refractivity contribution in [2.45, 2.75) is 0 Å². The first-order chi connectivity index (χ1) is 7.56. The number of carboxylic acid groups (broad SMARTS) is 2. The van der Waals surface area contributed by atoms with Crippen LogP contribution >= 0.6 is 0 Å². The van der Waals surface area contributed by atoms with E-state index in [-0.39, 0.29) is 16.8 Å². The number of carbonyl (C=O) groups is 1. The second-order valence-corrected chi connectivity index (χ2v) is 2.54. The van der Waals surface area contributed by atoms with Crippen molar-refractivity contribution in [3.05, 3.63) is 0 Å². The Balaban J connectivity index is -0.0000000412. The minimum absolute atomic E-state index is 0. The third-order valence-corrected chi connectivity index (χ3v) is 0.333. The van der Waals surface area contributed by atoms with Crippen LogP contribution < -0.4 is 51.8 Å². The van der Waals surface area contributed by atoms with Gasteiger partial charge in [-0.05, 0) is 6.16 Å². The Kier molecular flexibility index (Phi) is 43.5. The van der Waals surface area contributed by atoms with E-state index < -0.39 is 16.4 Å². The molecule has 0 aliphatic rings. The number of halogens is 1. The van der Waals surface area contributed by atoms with Crippen LogP contribution in [-0.4, -0.2) is 32.3 Å². The Hall–Kier alpha value is -0.254. The molecule has 13 heteroatoms. The molecule has 0 unspecified atom stereocenters. The first-order valence-corrected chi connectivity index (χ1v) is 5.10. The molecular formula is C5H16ClCoN4O7. The zero-order valence-corrected chi connectivity index (χ0v) is 11.0. The second kappa shape index (κ2) is 25.6. The predicted molar refractivity (Wildman–Crippen MR) is 41.6 cm³/mol. The molecule has 0 aromatic carbocycles. The third-order valence-electron chi connectivity index (χ3n) is 0.333. The van der Waals surface area contributed by atoms with Crippen molar-refractivity contribution in [2.75, 3.05) is 26.2 Å². The van der Waals surface area contributed by atoms with E-state index in [9.17, 15) is 0 Å². The molecular weight excluding hydrogens is 322 g/mol. The zero-order valence-electron chi connectivity index (χ0n) is 9.21. The van der Waals surface area contributed by atoms with Crippen LogP contribution in [0.2, 0.25) is 0 Å². The van der Waals surface area contributed by atoms with Crippen LogP contribution in [0.5, 0.6) is 0 Å². The fraction of sp³-hybridized carbons (Fsp3) is 0.800. The number of carbonyl (C=O) groups excluding carboxylic acids is 1. The Morgan fingerprint density at radius 1 is 0.778 bits per heavy atom. The molecule has 0 amide bonds. The summed E-state index contributed by atoms with van der Waals surface area (Å²) in [6.07, 6.45) is -2.33. The second-order valence-electron chi connectivity index (χ2n) is 1.78. The Morgan fingerprint density at radius 2 is 0.833 bits per heavy atom. The summed E-state index contributed by atoms with van der Waals surface area (Å²) in [5, 5.41) is 16.7. The maximum absolute atomic E-state index is 8.49. The van der Waals surface area contributed by atoms with Gasteiger partial charge in [-0.3, -0.25) is 0 Å². The summed E-state index contributed by atoms with van der Waals surface area (Å²) in [7, 11) is -4.94. The van der Waals surface area contributed by atoms with Crippen molar-refractivity contribution >= 4 is 6.16 Å². The summed E-state index contributed by atoms with van der Waals surface area (Å²) in [5.74, 6) is 0. The molecule has 0 atom stereocenters. The minimum atomic E-state index is -4.94. The molecule has 0 saturated heterocycles. The van der Waals surface area contributed by atoms with Gasteiger partial charge >= 0.3 is 16.8 Å². The summed E-state index contributed by atoms with van der Waals surface area (Å²) >= 11 is 0. The average molecular weight is 339 g/mol. The Labute approximate surface area is 116 Å². The van der Waals surface area contributed by atoms with E-state index in [0.717, 1.165) is 0 Å². The van der Waals surface area contributed by atoms with Crippen LogP contribution in [0, 0.1) is 10.2 Å². The molecule has 114 valence electrons. The molecule has 0 spiro atoms. The van der Waals surface area contributed by atoms with E-state index >= 15 is 0 Å². The molecule has 0 heterocycles. The van der Waals surface area contributed by atoms with Crippen LogP contribution in [0.3, 0.4) is 0 Å². The summed E-state index contributed by atoms with van der Waals surface area (Å²) in [6, 6.07) is 0. The predicted octanol–water partition coefficient (Wildman–Crippen LogP) is -9.40. The maximum Gasteiger partial charge on any atom is 3.00 e. The van der Waals surface area contributed by atoms with Gasteiger partial charge in [0.15, 0.2) is 0 Å². The van der Waals surface area contributed by atoms with Crippen LogP contribution in [0.1, 0.15) is 0 Å². The summed E-state index contributed by atoms with van der Waals surface area (Å²) < 4.78 is 34.0. The smallest absolute Gasteiger partial charge is 0.652 e. The van der Waals surface area contributed by atoms with Gasteiger partial charge in [-0.2, -0.15) is 0 Å². The number of hydrogen-bond acceptors (Lipinski definition) is 11. The maximum atomic E-state index is 8.49. The first kappa shape index (κ1) is 30.6. The molecule has 0 fully saturated rings. The molecule has 0 radical (unpaired) electrons. The SMILES string of the molecule is NCCN.NCCN.O=C([O-])[O-].[Co+3].[O-][Cl+3]([O-])([O-])[O-]. The molecule has 11 nitrogen and oxygen atoms in total. The van der Waals surface area contributed by atoms with Crippen LogP contribution in [-0.2, 0) is 16.8 Å². The molecule has 0 aliphatic carbocycles. The van der Waals surface area contributed by atoms with E-state index in [1.165, 1.54) is 0 Å². The normalized spacial score (nSPS) is 8.00. The summed E-state index contributed by atoms with van der Waals surface area (Å²) in [5.41, 5.74) is 19.6. The van der Waals surface area contributed by atoms with Gasteiger partial charge in [0.2, 0.25) is 0 Å². The van der Waals surface area contributed by atoms with Crippen LogP contribution in [0.25, 0.3) is 0 Å². The van der Waals surface area contributed by atoms with Gasteiger partial charge in [0.1, 0.15) is 0 Å². The van der Waals surface area contributed by atoms with Crippen molar-refractivity contribution in [2.24, 2.45) is 22.9 Å².